The monoisotopic (exact) mass is 475 g/mol. The van der Waals surface area contributed by atoms with Gasteiger partial charge in [0.2, 0.25) is 0 Å². The Labute approximate surface area is 197 Å². The molecule has 3 saturated carbocycles. The van der Waals surface area contributed by atoms with E-state index in [1.165, 1.54) is 5.56 Å². The minimum atomic E-state index is -0.118. The molecule has 8 heteroatoms. The average molecular weight is 476 g/mol. The van der Waals surface area contributed by atoms with E-state index in [9.17, 15) is 4.79 Å². The molecule has 5 nitrogen and oxygen atoms in total. The first-order valence-electron chi connectivity index (χ1n) is 10.3. The standard InChI is InChI=1S/C23H23Cl2N3O2S/c1-27-19(15-2-4-16(24)5-3-15)10-28(21(27)31)23-12-22(13-23,14-23)26-20(29)11-30-18-8-6-17(25)7-9-18/h2-9,19H,10-14H2,1H3,(H,26,29)/t19-,22?,23?/m1/s1. The second-order valence-electron chi connectivity index (χ2n) is 8.90. The number of nitrogens with zero attached hydrogens (tertiary/aromatic N) is 2. The van der Waals surface area contributed by atoms with Crippen molar-refractivity contribution in [3.63, 3.8) is 0 Å². The van der Waals surface area contributed by atoms with Gasteiger partial charge in [0, 0.05) is 34.7 Å². The Hall–Kier alpha value is -2.02. The largest absolute Gasteiger partial charge is 0.484 e. The fourth-order valence-electron chi connectivity index (χ4n) is 5.27. The first-order chi connectivity index (χ1) is 14.8. The maximum absolute atomic E-state index is 12.4. The van der Waals surface area contributed by atoms with Crippen LogP contribution in [-0.2, 0) is 4.79 Å². The van der Waals surface area contributed by atoms with Crippen LogP contribution in [0.3, 0.4) is 0 Å². The predicted molar refractivity (Wildman–Crippen MR) is 126 cm³/mol. The molecule has 4 fully saturated rings. The first kappa shape index (κ1) is 20.9. The van der Waals surface area contributed by atoms with Gasteiger partial charge in [-0.05, 0) is 73.4 Å². The third-order valence-corrected chi connectivity index (χ3v) is 7.79. The zero-order valence-corrected chi connectivity index (χ0v) is 19.4. The number of likely N-dealkylation sites (N-methyl/N-ethyl adjacent to an activating group) is 1. The summed E-state index contributed by atoms with van der Waals surface area (Å²) in [5.41, 5.74) is 1.16. The highest BCUT2D eigenvalue weighted by Crippen LogP contribution is 2.64. The van der Waals surface area contributed by atoms with Crippen molar-refractivity contribution in [3.8, 4) is 5.75 Å². The van der Waals surface area contributed by atoms with Crippen LogP contribution in [0.4, 0.5) is 0 Å². The van der Waals surface area contributed by atoms with Gasteiger partial charge < -0.3 is 19.9 Å². The number of hydrogen-bond acceptors (Lipinski definition) is 3. The summed E-state index contributed by atoms with van der Waals surface area (Å²) in [5.74, 6) is 0.538. The van der Waals surface area contributed by atoms with Crippen molar-refractivity contribution >= 4 is 46.4 Å². The summed E-state index contributed by atoms with van der Waals surface area (Å²) in [6.07, 6.45) is 2.77. The third-order valence-electron chi connectivity index (χ3n) is 6.77. The fraction of sp³-hybridized carbons (Fsp3) is 0.391. The summed E-state index contributed by atoms with van der Waals surface area (Å²) < 4.78 is 5.56. The van der Waals surface area contributed by atoms with Crippen molar-refractivity contribution in [3.05, 3.63) is 64.1 Å². The van der Waals surface area contributed by atoms with Gasteiger partial charge in [0.1, 0.15) is 5.75 Å². The van der Waals surface area contributed by atoms with E-state index >= 15 is 0 Å². The number of rotatable bonds is 6. The molecule has 6 rings (SSSR count). The molecule has 31 heavy (non-hydrogen) atoms. The molecule has 1 amide bonds. The van der Waals surface area contributed by atoms with Crippen LogP contribution in [0.1, 0.15) is 30.9 Å². The minimum Gasteiger partial charge on any atom is -0.484 e. The van der Waals surface area contributed by atoms with Gasteiger partial charge in [-0.3, -0.25) is 4.79 Å². The molecule has 1 N–H and O–H groups in total. The minimum absolute atomic E-state index is 0.000112. The SMILES string of the molecule is CN1C(=S)N(C23CC(NC(=O)COc4ccc(Cl)cc4)(C2)C3)C[C@@H]1c1ccc(Cl)cc1. The zero-order valence-electron chi connectivity index (χ0n) is 17.1. The number of carbonyl (C=O) groups is 1. The normalized spacial score (nSPS) is 28.7. The molecular weight excluding hydrogens is 453 g/mol. The third kappa shape index (κ3) is 3.65. The molecule has 1 atom stereocenters. The van der Waals surface area contributed by atoms with E-state index in [4.69, 9.17) is 40.2 Å². The molecule has 0 aromatic heterocycles. The van der Waals surface area contributed by atoms with E-state index < -0.39 is 0 Å². The van der Waals surface area contributed by atoms with Gasteiger partial charge in [-0.25, -0.2) is 0 Å². The van der Waals surface area contributed by atoms with E-state index in [1.54, 1.807) is 24.3 Å². The Morgan fingerprint density at radius 2 is 1.68 bits per heavy atom. The smallest absolute Gasteiger partial charge is 0.258 e. The van der Waals surface area contributed by atoms with E-state index in [0.29, 0.717) is 10.8 Å². The molecule has 4 aliphatic rings. The van der Waals surface area contributed by atoms with Crippen LogP contribution >= 0.6 is 35.4 Å². The second-order valence-corrected chi connectivity index (χ2v) is 10.1. The maximum atomic E-state index is 12.4. The van der Waals surface area contributed by atoms with Crippen LogP contribution in [0, 0.1) is 0 Å². The van der Waals surface area contributed by atoms with Crippen LogP contribution < -0.4 is 10.1 Å². The number of carbonyl (C=O) groups excluding carboxylic acids is 1. The van der Waals surface area contributed by atoms with Gasteiger partial charge >= 0.3 is 0 Å². The summed E-state index contributed by atoms with van der Waals surface area (Å²) in [5, 5.41) is 5.43. The van der Waals surface area contributed by atoms with Crippen molar-refractivity contribution in [2.45, 2.75) is 36.4 Å². The molecule has 2 aromatic rings. The molecule has 3 aliphatic carbocycles. The lowest BCUT2D eigenvalue weighted by molar-refractivity contribution is -0.163. The highest BCUT2D eigenvalue weighted by molar-refractivity contribution is 7.80. The Balaban J connectivity index is 1.16. The van der Waals surface area contributed by atoms with Crippen LogP contribution in [0.25, 0.3) is 0 Å². The van der Waals surface area contributed by atoms with E-state index in [2.05, 4.69) is 34.3 Å². The summed E-state index contributed by atoms with van der Waals surface area (Å²) in [7, 11) is 2.05. The van der Waals surface area contributed by atoms with Gasteiger partial charge in [-0.1, -0.05) is 35.3 Å². The molecule has 2 aromatic carbocycles. The van der Waals surface area contributed by atoms with E-state index in [1.807, 2.05) is 12.1 Å². The Bertz CT molecular complexity index is 1010. The van der Waals surface area contributed by atoms with Gasteiger partial charge in [0.25, 0.3) is 5.91 Å². The number of hydrogen-bond donors (Lipinski definition) is 1. The van der Waals surface area contributed by atoms with Gasteiger partial charge in [0.15, 0.2) is 11.7 Å². The average Bonchev–Trinajstić information content (AvgIpc) is 2.99. The van der Waals surface area contributed by atoms with Gasteiger partial charge in [-0.2, -0.15) is 0 Å². The number of halogens is 2. The Kier molecular flexibility index (Phi) is 5.07. The maximum Gasteiger partial charge on any atom is 0.258 e. The first-order valence-corrected chi connectivity index (χ1v) is 11.5. The summed E-state index contributed by atoms with van der Waals surface area (Å²) in [6, 6.07) is 15.2. The van der Waals surface area contributed by atoms with Gasteiger partial charge in [0.05, 0.1) is 6.04 Å². The lowest BCUT2D eigenvalue weighted by Crippen LogP contribution is -2.84. The Morgan fingerprint density at radius 1 is 1.10 bits per heavy atom. The van der Waals surface area contributed by atoms with E-state index in [-0.39, 0.29) is 29.6 Å². The molecule has 0 unspecified atom stereocenters. The number of amides is 1. The zero-order chi connectivity index (χ0) is 21.8. The van der Waals surface area contributed by atoms with Crippen LogP contribution in [0.2, 0.25) is 10.0 Å². The summed E-state index contributed by atoms with van der Waals surface area (Å²) in [4.78, 5) is 16.9. The summed E-state index contributed by atoms with van der Waals surface area (Å²) >= 11 is 17.7. The van der Waals surface area contributed by atoms with Crippen LogP contribution in [0.5, 0.6) is 5.75 Å². The molecule has 0 radical (unpaired) electrons. The molecule has 0 spiro atoms. The Morgan fingerprint density at radius 3 is 2.29 bits per heavy atom. The molecule has 1 saturated heterocycles. The second kappa shape index (κ2) is 7.54. The lowest BCUT2D eigenvalue weighted by atomic mass is 9.43. The molecular formula is C23H23Cl2N3O2S. The molecule has 1 aliphatic heterocycles. The summed E-state index contributed by atoms with van der Waals surface area (Å²) in [6.45, 7) is 0.862. The van der Waals surface area contributed by atoms with Crippen molar-refractivity contribution in [1.29, 1.82) is 0 Å². The topological polar surface area (TPSA) is 44.8 Å². The lowest BCUT2D eigenvalue weighted by Gasteiger charge is -2.73. The molecule has 162 valence electrons. The quantitative estimate of drug-likeness (QED) is 0.625. The number of ether oxygens (including phenoxy) is 1. The van der Waals surface area contributed by atoms with Gasteiger partial charge in [-0.15, -0.1) is 0 Å². The molecule has 2 bridgehead atoms. The molecule has 1 heterocycles. The van der Waals surface area contributed by atoms with Crippen LogP contribution in [-0.4, -0.2) is 52.1 Å². The van der Waals surface area contributed by atoms with E-state index in [0.717, 1.165) is 35.9 Å². The predicted octanol–water partition coefficient (Wildman–Crippen LogP) is 4.44. The highest BCUT2D eigenvalue weighted by Gasteiger charge is 2.72. The highest BCUT2D eigenvalue weighted by atomic mass is 35.5. The number of thiocarbonyl (C=S) groups is 1. The number of nitrogens with one attached hydrogen (secondary N) is 1. The fourth-order valence-corrected chi connectivity index (χ4v) is 5.92. The van der Waals surface area contributed by atoms with Crippen LogP contribution in [0.15, 0.2) is 48.5 Å². The van der Waals surface area contributed by atoms with Crippen molar-refractivity contribution < 1.29 is 9.53 Å². The van der Waals surface area contributed by atoms with Crippen molar-refractivity contribution in [1.82, 2.24) is 15.1 Å². The van der Waals surface area contributed by atoms with Crippen molar-refractivity contribution in [2.75, 3.05) is 20.2 Å². The van der Waals surface area contributed by atoms with Crippen molar-refractivity contribution in [2.24, 2.45) is 0 Å². The number of benzene rings is 2.